The molecule has 78 valence electrons. The highest BCUT2D eigenvalue weighted by Gasteiger charge is 2.14. The molecule has 4 nitrogen and oxygen atoms in total. The van der Waals surface area contributed by atoms with E-state index in [1.165, 1.54) is 19.2 Å². The predicted octanol–water partition coefficient (Wildman–Crippen LogP) is 1.60. The fraction of sp³-hybridized carbons (Fsp3) is 0.200. The Morgan fingerprint density at radius 3 is 2.80 bits per heavy atom. The SMILES string of the molecule is COC(=O)c1cc(CO)c(Br)cc1C#N. The van der Waals surface area contributed by atoms with Gasteiger partial charge in [0.25, 0.3) is 0 Å². The molecule has 0 fully saturated rings. The van der Waals surface area contributed by atoms with E-state index < -0.39 is 5.97 Å². The van der Waals surface area contributed by atoms with Crippen molar-refractivity contribution in [2.45, 2.75) is 6.61 Å². The molecule has 0 radical (unpaired) electrons. The van der Waals surface area contributed by atoms with E-state index in [4.69, 9.17) is 10.4 Å². The third-order valence-corrected chi connectivity index (χ3v) is 2.62. The van der Waals surface area contributed by atoms with Crippen LogP contribution >= 0.6 is 15.9 Å². The van der Waals surface area contributed by atoms with Crippen molar-refractivity contribution in [1.82, 2.24) is 0 Å². The molecule has 1 aromatic rings. The van der Waals surface area contributed by atoms with Crippen molar-refractivity contribution < 1.29 is 14.6 Å². The number of aliphatic hydroxyl groups excluding tert-OH is 1. The molecule has 1 aromatic carbocycles. The molecule has 15 heavy (non-hydrogen) atoms. The van der Waals surface area contributed by atoms with Crippen molar-refractivity contribution in [3.05, 3.63) is 33.3 Å². The molecule has 5 heteroatoms. The second-order valence-corrected chi connectivity index (χ2v) is 3.61. The highest BCUT2D eigenvalue weighted by molar-refractivity contribution is 9.10. The first-order chi connectivity index (χ1) is 7.13. The van der Waals surface area contributed by atoms with Gasteiger partial charge in [0.2, 0.25) is 0 Å². The van der Waals surface area contributed by atoms with Gasteiger partial charge < -0.3 is 9.84 Å². The van der Waals surface area contributed by atoms with E-state index >= 15 is 0 Å². The van der Waals surface area contributed by atoms with Crippen LogP contribution in [0.25, 0.3) is 0 Å². The van der Waals surface area contributed by atoms with Crippen molar-refractivity contribution >= 4 is 21.9 Å². The van der Waals surface area contributed by atoms with Gasteiger partial charge in [-0.3, -0.25) is 0 Å². The zero-order valence-electron chi connectivity index (χ0n) is 7.95. The van der Waals surface area contributed by atoms with Crippen molar-refractivity contribution in [2.24, 2.45) is 0 Å². The summed E-state index contributed by atoms with van der Waals surface area (Å²) >= 11 is 3.19. The topological polar surface area (TPSA) is 70.3 Å². The Labute approximate surface area is 95.2 Å². The fourth-order valence-corrected chi connectivity index (χ4v) is 1.58. The first kappa shape index (κ1) is 11.7. The van der Waals surface area contributed by atoms with E-state index in [9.17, 15) is 4.79 Å². The Hall–Kier alpha value is -1.38. The smallest absolute Gasteiger partial charge is 0.339 e. The Bertz CT molecular complexity index is 437. The normalized spacial score (nSPS) is 9.47. The number of carbonyl (C=O) groups excluding carboxylic acids is 1. The third kappa shape index (κ3) is 2.35. The van der Waals surface area contributed by atoms with E-state index in [1.807, 2.05) is 6.07 Å². The zero-order chi connectivity index (χ0) is 11.4. The minimum absolute atomic E-state index is 0.159. The lowest BCUT2D eigenvalue weighted by molar-refractivity contribution is 0.0600. The summed E-state index contributed by atoms with van der Waals surface area (Å²) in [5, 5.41) is 17.8. The Kier molecular flexibility index (Phi) is 3.83. The summed E-state index contributed by atoms with van der Waals surface area (Å²) in [7, 11) is 1.24. The molecular formula is C10H8BrNO3. The lowest BCUT2D eigenvalue weighted by atomic mass is 10.1. The second kappa shape index (κ2) is 4.91. The first-order valence-electron chi connectivity index (χ1n) is 4.05. The third-order valence-electron chi connectivity index (χ3n) is 1.88. The van der Waals surface area contributed by atoms with E-state index in [2.05, 4.69) is 20.7 Å². The molecule has 0 aliphatic heterocycles. The van der Waals surface area contributed by atoms with E-state index in [0.717, 1.165) is 0 Å². The quantitative estimate of drug-likeness (QED) is 0.828. The maximum Gasteiger partial charge on any atom is 0.339 e. The summed E-state index contributed by atoms with van der Waals surface area (Å²) in [6.07, 6.45) is 0. The average molecular weight is 270 g/mol. The Balaban J connectivity index is 3.37. The number of aliphatic hydroxyl groups is 1. The molecule has 0 unspecified atom stereocenters. The fourth-order valence-electron chi connectivity index (χ4n) is 1.11. The number of halogens is 1. The molecule has 0 saturated carbocycles. The van der Waals surface area contributed by atoms with Crippen LogP contribution in [0.2, 0.25) is 0 Å². The highest BCUT2D eigenvalue weighted by Crippen LogP contribution is 2.22. The van der Waals surface area contributed by atoms with Crippen molar-refractivity contribution in [3.8, 4) is 6.07 Å². The number of methoxy groups -OCH3 is 1. The summed E-state index contributed by atoms with van der Waals surface area (Å²) in [5.74, 6) is -0.589. The van der Waals surface area contributed by atoms with Crippen LogP contribution in [0, 0.1) is 11.3 Å². The van der Waals surface area contributed by atoms with E-state index in [-0.39, 0.29) is 17.7 Å². The maximum absolute atomic E-state index is 11.3. The van der Waals surface area contributed by atoms with Crippen LogP contribution in [-0.4, -0.2) is 18.2 Å². The van der Waals surface area contributed by atoms with Crippen LogP contribution in [0.4, 0.5) is 0 Å². The van der Waals surface area contributed by atoms with Crippen molar-refractivity contribution in [3.63, 3.8) is 0 Å². The van der Waals surface area contributed by atoms with E-state index in [0.29, 0.717) is 10.0 Å². The zero-order valence-corrected chi connectivity index (χ0v) is 9.54. The molecule has 0 bridgehead atoms. The number of hydrogen-bond acceptors (Lipinski definition) is 4. The number of rotatable bonds is 2. The molecule has 0 aliphatic carbocycles. The summed E-state index contributed by atoms with van der Waals surface area (Å²) in [5.41, 5.74) is 0.910. The second-order valence-electron chi connectivity index (χ2n) is 2.75. The lowest BCUT2D eigenvalue weighted by Gasteiger charge is -2.06. The summed E-state index contributed by atoms with van der Waals surface area (Å²) < 4.78 is 5.12. The van der Waals surface area contributed by atoms with Crippen LogP contribution in [0.1, 0.15) is 21.5 Å². The number of carbonyl (C=O) groups is 1. The number of nitriles is 1. The van der Waals surface area contributed by atoms with Gasteiger partial charge in [0.15, 0.2) is 0 Å². The monoisotopic (exact) mass is 269 g/mol. The number of ether oxygens (including phenoxy) is 1. The largest absolute Gasteiger partial charge is 0.465 e. The van der Waals surface area contributed by atoms with Crippen LogP contribution in [0.3, 0.4) is 0 Å². The number of nitrogens with zero attached hydrogens (tertiary/aromatic N) is 1. The molecule has 1 rings (SSSR count). The van der Waals surface area contributed by atoms with E-state index in [1.54, 1.807) is 0 Å². The van der Waals surface area contributed by atoms with Crippen LogP contribution in [-0.2, 0) is 11.3 Å². The number of hydrogen-bond donors (Lipinski definition) is 1. The minimum atomic E-state index is -0.589. The molecule has 0 spiro atoms. The molecule has 0 aromatic heterocycles. The predicted molar refractivity (Wildman–Crippen MR) is 56.1 cm³/mol. The summed E-state index contributed by atoms with van der Waals surface area (Å²) in [4.78, 5) is 11.3. The van der Waals surface area contributed by atoms with Gasteiger partial charge in [-0.1, -0.05) is 15.9 Å². The molecule has 0 saturated heterocycles. The minimum Gasteiger partial charge on any atom is -0.465 e. The number of esters is 1. The van der Waals surface area contributed by atoms with Crippen LogP contribution in [0.15, 0.2) is 16.6 Å². The molecule has 1 N–H and O–H groups in total. The Morgan fingerprint density at radius 2 is 2.33 bits per heavy atom. The average Bonchev–Trinajstić information content (AvgIpc) is 2.27. The Morgan fingerprint density at radius 1 is 1.67 bits per heavy atom. The maximum atomic E-state index is 11.3. The van der Waals surface area contributed by atoms with Gasteiger partial charge in [0, 0.05) is 4.47 Å². The summed E-state index contributed by atoms with van der Waals surface area (Å²) in [6, 6.07) is 4.81. The highest BCUT2D eigenvalue weighted by atomic mass is 79.9. The number of benzene rings is 1. The van der Waals surface area contributed by atoms with Gasteiger partial charge in [-0.15, -0.1) is 0 Å². The molecule has 0 amide bonds. The van der Waals surface area contributed by atoms with Gasteiger partial charge >= 0.3 is 5.97 Å². The van der Waals surface area contributed by atoms with Gasteiger partial charge in [-0.2, -0.15) is 5.26 Å². The van der Waals surface area contributed by atoms with Gasteiger partial charge in [-0.25, -0.2) is 4.79 Å². The summed E-state index contributed by atoms with van der Waals surface area (Å²) in [6.45, 7) is -0.212. The lowest BCUT2D eigenvalue weighted by Crippen LogP contribution is -2.05. The van der Waals surface area contributed by atoms with Crippen LogP contribution in [0.5, 0.6) is 0 Å². The molecule has 0 atom stereocenters. The molecule has 0 aliphatic rings. The van der Waals surface area contributed by atoms with Crippen LogP contribution < -0.4 is 0 Å². The molecular weight excluding hydrogens is 262 g/mol. The van der Waals surface area contributed by atoms with Gasteiger partial charge in [0.1, 0.15) is 6.07 Å². The van der Waals surface area contributed by atoms with Gasteiger partial charge in [-0.05, 0) is 17.7 Å². The molecule has 0 heterocycles. The van der Waals surface area contributed by atoms with Gasteiger partial charge in [0.05, 0.1) is 24.8 Å². The van der Waals surface area contributed by atoms with Crippen molar-refractivity contribution in [1.29, 1.82) is 5.26 Å². The standard InChI is InChI=1S/C10H8BrNO3/c1-15-10(14)8-2-7(5-13)9(11)3-6(8)4-12/h2-3,13H,5H2,1H3. The first-order valence-corrected chi connectivity index (χ1v) is 4.85. The van der Waals surface area contributed by atoms with Crippen molar-refractivity contribution in [2.75, 3.05) is 7.11 Å².